The first-order chi connectivity index (χ1) is 6.93. The first kappa shape index (κ1) is 12.2. The molecule has 0 aliphatic heterocycles. The van der Waals surface area contributed by atoms with Crippen molar-refractivity contribution in [1.29, 1.82) is 0 Å². The van der Waals surface area contributed by atoms with Gasteiger partial charge in [-0.1, -0.05) is 0 Å². The monoisotopic (exact) mass is 227 g/mol. The molecule has 1 aromatic heterocycles. The average Bonchev–Trinajstić information content (AvgIpc) is 1.99. The summed E-state index contributed by atoms with van der Waals surface area (Å²) in [5, 5.41) is 3.29. The highest BCUT2D eigenvalue weighted by Gasteiger charge is 2.17. The van der Waals surface area contributed by atoms with E-state index in [9.17, 15) is 0 Å². The molecule has 0 aliphatic carbocycles. The van der Waals surface area contributed by atoms with Crippen LogP contribution < -0.4 is 5.32 Å². The normalized spacial score (nSPS) is 11.5. The van der Waals surface area contributed by atoms with E-state index in [0.29, 0.717) is 11.8 Å². The minimum atomic E-state index is -0.0675. The molecule has 15 heavy (non-hydrogen) atoms. The van der Waals surface area contributed by atoms with Crippen LogP contribution in [0.3, 0.4) is 0 Å². The summed E-state index contributed by atoms with van der Waals surface area (Å²) in [6, 6.07) is 1.96. The van der Waals surface area contributed by atoms with Gasteiger partial charge in [-0.25, -0.2) is 9.97 Å². The van der Waals surface area contributed by atoms with E-state index >= 15 is 0 Å². The lowest BCUT2D eigenvalue weighted by molar-refractivity contribution is 0.544. The number of aryl methyl sites for hydroxylation is 2. The molecule has 1 rings (SSSR count). The Kier molecular flexibility index (Phi) is 3.91. The van der Waals surface area contributed by atoms with E-state index in [2.05, 4.69) is 29.1 Å². The molecule has 0 bridgehead atoms. The number of hydrogen-bond donors (Lipinski definition) is 1. The number of halogens is 1. The Morgan fingerprint density at radius 1 is 1.27 bits per heavy atom. The van der Waals surface area contributed by atoms with Crippen LogP contribution in [0.25, 0.3) is 0 Å². The topological polar surface area (TPSA) is 37.8 Å². The van der Waals surface area contributed by atoms with Gasteiger partial charge in [0.25, 0.3) is 0 Å². The Bertz CT molecular complexity index is 316. The quantitative estimate of drug-likeness (QED) is 0.804. The summed E-state index contributed by atoms with van der Waals surface area (Å²) in [5.74, 6) is 1.31. The van der Waals surface area contributed by atoms with E-state index in [1.165, 1.54) is 0 Å². The van der Waals surface area contributed by atoms with Crippen molar-refractivity contribution < 1.29 is 0 Å². The summed E-state index contributed by atoms with van der Waals surface area (Å²) in [6.07, 6.45) is 0.880. The fourth-order valence-electron chi connectivity index (χ4n) is 1.38. The molecule has 0 saturated heterocycles. The van der Waals surface area contributed by atoms with Crippen LogP contribution in [0.4, 0.5) is 5.95 Å². The maximum absolute atomic E-state index is 5.73. The van der Waals surface area contributed by atoms with Gasteiger partial charge in [0.2, 0.25) is 5.95 Å². The van der Waals surface area contributed by atoms with Crippen LogP contribution in [-0.4, -0.2) is 21.4 Å². The first-order valence-electron chi connectivity index (χ1n) is 5.09. The van der Waals surface area contributed by atoms with E-state index in [4.69, 9.17) is 11.6 Å². The van der Waals surface area contributed by atoms with Crippen LogP contribution in [0, 0.1) is 13.8 Å². The van der Waals surface area contributed by atoms with Crippen molar-refractivity contribution in [2.24, 2.45) is 0 Å². The number of aromatic nitrogens is 2. The van der Waals surface area contributed by atoms with Crippen LogP contribution in [0.5, 0.6) is 0 Å². The lowest BCUT2D eigenvalue weighted by Crippen LogP contribution is -2.32. The number of hydrogen-bond acceptors (Lipinski definition) is 3. The molecule has 0 fully saturated rings. The Balaban J connectivity index is 2.80. The molecule has 0 saturated carbocycles. The van der Waals surface area contributed by atoms with Gasteiger partial charge in [0.1, 0.15) is 0 Å². The molecule has 1 aromatic rings. The highest BCUT2D eigenvalue weighted by Crippen LogP contribution is 2.16. The van der Waals surface area contributed by atoms with E-state index in [0.717, 1.165) is 17.8 Å². The maximum atomic E-state index is 5.73. The second-order valence-corrected chi connectivity index (χ2v) is 4.80. The first-order valence-corrected chi connectivity index (χ1v) is 5.63. The van der Waals surface area contributed by atoms with Gasteiger partial charge in [-0.2, -0.15) is 0 Å². The smallest absolute Gasteiger partial charge is 0.223 e. The summed E-state index contributed by atoms with van der Waals surface area (Å²) in [5.41, 5.74) is 1.89. The number of alkyl halides is 1. The molecule has 0 amide bonds. The molecule has 4 heteroatoms. The highest BCUT2D eigenvalue weighted by molar-refractivity contribution is 6.17. The minimum Gasteiger partial charge on any atom is -0.349 e. The van der Waals surface area contributed by atoms with Crippen molar-refractivity contribution >= 4 is 17.5 Å². The van der Waals surface area contributed by atoms with Crippen molar-refractivity contribution in [2.75, 3.05) is 11.2 Å². The number of nitrogens with zero attached hydrogens (tertiary/aromatic N) is 2. The minimum absolute atomic E-state index is 0.0675. The van der Waals surface area contributed by atoms with E-state index < -0.39 is 0 Å². The standard InChI is InChI=1S/C11H18ClN3/c1-8-7-9(2)14-10(13-8)15-11(3,4)5-6-12/h7H,5-6H2,1-4H3,(H,13,14,15). The lowest BCUT2D eigenvalue weighted by atomic mass is 10.0. The highest BCUT2D eigenvalue weighted by atomic mass is 35.5. The average molecular weight is 228 g/mol. The molecule has 84 valence electrons. The largest absolute Gasteiger partial charge is 0.349 e. The van der Waals surface area contributed by atoms with E-state index in [1.54, 1.807) is 0 Å². The third kappa shape index (κ3) is 4.04. The molecule has 0 radical (unpaired) electrons. The third-order valence-electron chi connectivity index (χ3n) is 2.15. The SMILES string of the molecule is Cc1cc(C)nc(NC(C)(C)CCCl)n1. The summed E-state index contributed by atoms with van der Waals surface area (Å²) in [7, 11) is 0. The fourth-order valence-corrected chi connectivity index (χ4v) is 1.86. The molecule has 3 nitrogen and oxygen atoms in total. The van der Waals surface area contributed by atoms with Gasteiger partial charge in [0, 0.05) is 22.8 Å². The second kappa shape index (κ2) is 4.79. The summed E-state index contributed by atoms with van der Waals surface area (Å²) >= 11 is 5.73. The number of rotatable bonds is 4. The molecular formula is C11H18ClN3. The van der Waals surface area contributed by atoms with Gasteiger partial charge < -0.3 is 5.32 Å². The zero-order valence-corrected chi connectivity index (χ0v) is 10.5. The molecule has 0 unspecified atom stereocenters. The predicted octanol–water partition coefficient (Wildman–Crippen LogP) is 2.91. The van der Waals surface area contributed by atoms with Gasteiger partial charge in [0.15, 0.2) is 0 Å². The Morgan fingerprint density at radius 3 is 2.27 bits per heavy atom. The van der Waals surface area contributed by atoms with Crippen LogP contribution in [-0.2, 0) is 0 Å². The van der Waals surface area contributed by atoms with Crippen molar-refractivity contribution in [1.82, 2.24) is 9.97 Å². The molecule has 1 N–H and O–H groups in total. The lowest BCUT2D eigenvalue weighted by Gasteiger charge is -2.25. The van der Waals surface area contributed by atoms with Gasteiger partial charge in [-0.3, -0.25) is 0 Å². The number of anilines is 1. The van der Waals surface area contributed by atoms with Crippen LogP contribution in [0.15, 0.2) is 6.07 Å². The molecule has 0 atom stereocenters. The molecular weight excluding hydrogens is 210 g/mol. The van der Waals surface area contributed by atoms with Crippen molar-refractivity contribution in [3.8, 4) is 0 Å². The molecule has 0 aromatic carbocycles. The van der Waals surface area contributed by atoms with Crippen LogP contribution >= 0.6 is 11.6 Å². The van der Waals surface area contributed by atoms with Crippen molar-refractivity contribution in [3.05, 3.63) is 17.5 Å². The van der Waals surface area contributed by atoms with E-state index in [1.807, 2.05) is 19.9 Å². The van der Waals surface area contributed by atoms with Crippen LogP contribution in [0.2, 0.25) is 0 Å². The maximum Gasteiger partial charge on any atom is 0.223 e. The van der Waals surface area contributed by atoms with Gasteiger partial charge in [-0.05, 0) is 40.2 Å². The van der Waals surface area contributed by atoms with Crippen molar-refractivity contribution in [2.45, 2.75) is 39.7 Å². The second-order valence-electron chi connectivity index (χ2n) is 4.42. The Hall–Kier alpha value is -0.830. The Labute approximate surface area is 96.3 Å². The molecule has 1 heterocycles. The zero-order chi connectivity index (χ0) is 11.5. The van der Waals surface area contributed by atoms with Gasteiger partial charge in [0.05, 0.1) is 0 Å². The molecule has 0 spiro atoms. The van der Waals surface area contributed by atoms with E-state index in [-0.39, 0.29) is 5.54 Å². The summed E-state index contributed by atoms with van der Waals surface area (Å²) in [6.45, 7) is 8.12. The van der Waals surface area contributed by atoms with Gasteiger partial charge in [-0.15, -0.1) is 11.6 Å². The Morgan fingerprint density at radius 2 is 1.80 bits per heavy atom. The number of nitrogens with one attached hydrogen (secondary N) is 1. The fraction of sp³-hybridized carbons (Fsp3) is 0.636. The summed E-state index contributed by atoms with van der Waals surface area (Å²) < 4.78 is 0. The van der Waals surface area contributed by atoms with Crippen LogP contribution in [0.1, 0.15) is 31.7 Å². The predicted molar refractivity (Wildman–Crippen MR) is 64.5 cm³/mol. The molecule has 0 aliphatic rings. The van der Waals surface area contributed by atoms with Gasteiger partial charge >= 0.3 is 0 Å². The van der Waals surface area contributed by atoms with Crippen molar-refractivity contribution in [3.63, 3.8) is 0 Å². The zero-order valence-electron chi connectivity index (χ0n) is 9.76. The summed E-state index contributed by atoms with van der Waals surface area (Å²) in [4.78, 5) is 8.67. The third-order valence-corrected chi connectivity index (χ3v) is 2.34.